The molecule has 0 bridgehead atoms. The van der Waals surface area contributed by atoms with Crippen molar-refractivity contribution in [1.29, 1.82) is 0 Å². The maximum absolute atomic E-state index is 12.6. The van der Waals surface area contributed by atoms with Crippen LogP contribution in [0.2, 0.25) is 0 Å². The third-order valence-electron chi connectivity index (χ3n) is 4.29. The van der Waals surface area contributed by atoms with E-state index in [1.54, 1.807) is 17.7 Å². The van der Waals surface area contributed by atoms with Gasteiger partial charge in [0.1, 0.15) is 5.56 Å². The van der Waals surface area contributed by atoms with Gasteiger partial charge < -0.3 is 4.57 Å². The van der Waals surface area contributed by atoms with Crippen molar-refractivity contribution in [3.05, 3.63) is 44.8 Å². The fourth-order valence-corrected chi connectivity index (χ4v) is 3.37. The second-order valence-corrected chi connectivity index (χ2v) is 7.72. The normalized spacial score (nSPS) is 14.2. The molecule has 0 spiro atoms. The van der Waals surface area contributed by atoms with Crippen LogP contribution in [0.25, 0.3) is 0 Å². The summed E-state index contributed by atoms with van der Waals surface area (Å²) >= 11 is 1.42. The fourth-order valence-electron chi connectivity index (χ4n) is 2.58. The molecule has 0 saturated heterocycles. The standard InChI is InChI=1S/C18H23N3O2S/c1-11(2)6-8-21-9-7-12(3)15(17(21)23)16(22)20-18-19-14(10-24-18)13-4-5-13/h7,9-11,13H,4-6,8H2,1-3H3,(H,19,20,22). The quantitative estimate of drug-likeness (QED) is 0.866. The molecule has 1 N–H and O–H groups in total. The highest BCUT2D eigenvalue weighted by Crippen LogP contribution is 2.40. The second kappa shape index (κ2) is 6.89. The molecule has 3 rings (SSSR count). The molecule has 128 valence electrons. The lowest BCUT2D eigenvalue weighted by atomic mass is 10.1. The predicted molar refractivity (Wildman–Crippen MR) is 96.9 cm³/mol. The Kier molecular flexibility index (Phi) is 4.85. The molecule has 1 fully saturated rings. The molecule has 5 nitrogen and oxygen atoms in total. The fraction of sp³-hybridized carbons (Fsp3) is 0.500. The van der Waals surface area contributed by atoms with Crippen molar-refractivity contribution < 1.29 is 4.79 Å². The van der Waals surface area contributed by atoms with Crippen molar-refractivity contribution in [2.75, 3.05) is 5.32 Å². The van der Waals surface area contributed by atoms with Crippen molar-refractivity contribution in [2.45, 2.75) is 52.5 Å². The van der Waals surface area contributed by atoms with Gasteiger partial charge in [-0.2, -0.15) is 0 Å². The van der Waals surface area contributed by atoms with E-state index in [0.29, 0.717) is 29.1 Å². The number of pyridine rings is 1. The zero-order chi connectivity index (χ0) is 17.3. The van der Waals surface area contributed by atoms with Crippen LogP contribution in [-0.2, 0) is 6.54 Å². The number of carbonyl (C=O) groups is 1. The number of anilines is 1. The van der Waals surface area contributed by atoms with Gasteiger partial charge in [0.05, 0.1) is 5.69 Å². The molecule has 1 amide bonds. The van der Waals surface area contributed by atoms with Crippen molar-refractivity contribution >= 4 is 22.4 Å². The highest BCUT2D eigenvalue weighted by atomic mass is 32.1. The minimum Gasteiger partial charge on any atom is -0.315 e. The number of aryl methyl sites for hydroxylation is 2. The van der Waals surface area contributed by atoms with Gasteiger partial charge in [-0.25, -0.2) is 4.98 Å². The minimum atomic E-state index is -0.368. The zero-order valence-corrected chi connectivity index (χ0v) is 15.2. The van der Waals surface area contributed by atoms with Gasteiger partial charge >= 0.3 is 0 Å². The van der Waals surface area contributed by atoms with Gasteiger partial charge in [-0.3, -0.25) is 14.9 Å². The summed E-state index contributed by atoms with van der Waals surface area (Å²) in [5.74, 6) is 0.693. The number of hydrogen-bond donors (Lipinski definition) is 1. The Morgan fingerprint density at radius 2 is 2.21 bits per heavy atom. The summed E-state index contributed by atoms with van der Waals surface area (Å²) in [6.45, 7) is 6.65. The molecule has 6 heteroatoms. The van der Waals surface area contributed by atoms with E-state index in [0.717, 1.165) is 12.1 Å². The molecular weight excluding hydrogens is 322 g/mol. The molecule has 0 aromatic carbocycles. The highest BCUT2D eigenvalue weighted by molar-refractivity contribution is 7.14. The van der Waals surface area contributed by atoms with Crippen LogP contribution in [0.15, 0.2) is 22.4 Å². The van der Waals surface area contributed by atoms with Crippen molar-refractivity contribution in [3.63, 3.8) is 0 Å². The van der Waals surface area contributed by atoms with Gasteiger partial charge in [0.15, 0.2) is 5.13 Å². The molecule has 0 radical (unpaired) electrons. The van der Waals surface area contributed by atoms with E-state index in [1.165, 1.54) is 24.2 Å². The Bertz CT molecular complexity index is 803. The molecule has 0 aliphatic heterocycles. The maximum Gasteiger partial charge on any atom is 0.263 e. The number of aromatic nitrogens is 2. The van der Waals surface area contributed by atoms with E-state index in [1.807, 2.05) is 11.4 Å². The largest absolute Gasteiger partial charge is 0.315 e. The topological polar surface area (TPSA) is 64.0 Å². The molecular formula is C18H23N3O2S. The van der Waals surface area contributed by atoms with E-state index in [2.05, 4.69) is 24.1 Å². The second-order valence-electron chi connectivity index (χ2n) is 6.86. The van der Waals surface area contributed by atoms with Gasteiger partial charge in [0.25, 0.3) is 11.5 Å². The first-order valence-corrected chi connectivity index (χ1v) is 9.30. The van der Waals surface area contributed by atoms with E-state index < -0.39 is 0 Å². The van der Waals surface area contributed by atoms with Crippen LogP contribution < -0.4 is 10.9 Å². The Labute approximate surface area is 145 Å². The number of carbonyl (C=O) groups excluding carboxylic acids is 1. The van der Waals surface area contributed by atoms with Crippen LogP contribution in [-0.4, -0.2) is 15.5 Å². The number of nitrogens with zero attached hydrogens (tertiary/aromatic N) is 2. The first kappa shape index (κ1) is 16.9. The molecule has 2 aromatic heterocycles. The Morgan fingerprint density at radius 3 is 2.88 bits per heavy atom. The first-order chi connectivity index (χ1) is 11.5. The summed E-state index contributed by atoms with van der Waals surface area (Å²) in [6, 6.07) is 1.83. The highest BCUT2D eigenvalue weighted by Gasteiger charge is 2.26. The summed E-state index contributed by atoms with van der Waals surface area (Å²) in [7, 11) is 0. The van der Waals surface area contributed by atoms with Crippen LogP contribution in [0.1, 0.15) is 60.6 Å². The summed E-state index contributed by atoms with van der Waals surface area (Å²) < 4.78 is 1.62. The molecule has 1 aliphatic rings. The smallest absolute Gasteiger partial charge is 0.263 e. The molecule has 2 heterocycles. The van der Waals surface area contributed by atoms with Gasteiger partial charge in [-0.15, -0.1) is 11.3 Å². The monoisotopic (exact) mass is 345 g/mol. The van der Waals surface area contributed by atoms with Gasteiger partial charge in [0, 0.05) is 24.0 Å². The molecule has 24 heavy (non-hydrogen) atoms. The van der Waals surface area contributed by atoms with Crippen LogP contribution in [0, 0.1) is 12.8 Å². The predicted octanol–water partition coefficient (Wildman–Crippen LogP) is 3.79. The van der Waals surface area contributed by atoms with Gasteiger partial charge in [-0.05, 0) is 43.7 Å². The van der Waals surface area contributed by atoms with E-state index in [4.69, 9.17) is 0 Å². The van der Waals surface area contributed by atoms with Crippen LogP contribution in [0.3, 0.4) is 0 Å². The Balaban J connectivity index is 1.79. The summed E-state index contributed by atoms with van der Waals surface area (Å²) in [5.41, 5.74) is 1.73. The summed E-state index contributed by atoms with van der Waals surface area (Å²) in [4.78, 5) is 29.7. The molecule has 0 atom stereocenters. The van der Waals surface area contributed by atoms with E-state index >= 15 is 0 Å². The lowest BCUT2D eigenvalue weighted by Gasteiger charge is -2.11. The van der Waals surface area contributed by atoms with Gasteiger partial charge in [0.2, 0.25) is 0 Å². The van der Waals surface area contributed by atoms with Crippen LogP contribution >= 0.6 is 11.3 Å². The first-order valence-electron chi connectivity index (χ1n) is 8.42. The lowest BCUT2D eigenvalue weighted by molar-refractivity contribution is 0.102. The SMILES string of the molecule is Cc1ccn(CCC(C)C)c(=O)c1C(=O)Nc1nc(C2CC2)cs1. The summed E-state index contributed by atoms with van der Waals surface area (Å²) in [5, 5.41) is 5.35. The number of rotatable bonds is 6. The van der Waals surface area contributed by atoms with Crippen molar-refractivity contribution in [2.24, 2.45) is 5.92 Å². The summed E-state index contributed by atoms with van der Waals surface area (Å²) in [6.07, 6.45) is 5.03. The average Bonchev–Trinajstić information content (AvgIpc) is 3.27. The number of hydrogen-bond acceptors (Lipinski definition) is 4. The number of amides is 1. The van der Waals surface area contributed by atoms with Crippen LogP contribution in [0.5, 0.6) is 0 Å². The number of thiazole rings is 1. The van der Waals surface area contributed by atoms with Gasteiger partial charge in [-0.1, -0.05) is 13.8 Å². The molecule has 1 aliphatic carbocycles. The van der Waals surface area contributed by atoms with Crippen molar-refractivity contribution in [3.8, 4) is 0 Å². The average molecular weight is 345 g/mol. The zero-order valence-electron chi connectivity index (χ0n) is 14.3. The Hall–Kier alpha value is -1.95. The van der Waals surface area contributed by atoms with Crippen LogP contribution in [0.4, 0.5) is 5.13 Å². The third-order valence-corrected chi connectivity index (χ3v) is 5.06. The van der Waals surface area contributed by atoms with E-state index in [-0.39, 0.29) is 17.0 Å². The Morgan fingerprint density at radius 1 is 1.46 bits per heavy atom. The third kappa shape index (κ3) is 3.75. The van der Waals surface area contributed by atoms with E-state index in [9.17, 15) is 9.59 Å². The molecule has 0 unspecified atom stereocenters. The maximum atomic E-state index is 12.6. The number of nitrogens with one attached hydrogen (secondary N) is 1. The lowest BCUT2D eigenvalue weighted by Crippen LogP contribution is -2.30. The minimum absolute atomic E-state index is 0.212. The molecule has 2 aromatic rings. The van der Waals surface area contributed by atoms with Crippen molar-refractivity contribution in [1.82, 2.24) is 9.55 Å². The molecule has 1 saturated carbocycles.